The number of aliphatic imine (C=N–C) groups is 1. The van der Waals surface area contributed by atoms with E-state index in [4.69, 9.17) is 4.74 Å². The van der Waals surface area contributed by atoms with Crippen molar-refractivity contribution in [3.05, 3.63) is 35.4 Å². The maximum absolute atomic E-state index is 5.42. The van der Waals surface area contributed by atoms with Gasteiger partial charge in [0.2, 0.25) is 0 Å². The lowest BCUT2D eigenvalue weighted by Gasteiger charge is -2.62. The molecule has 5 nitrogen and oxygen atoms in total. The number of likely N-dealkylation sites (tertiary alicyclic amines) is 1. The molecule has 0 spiro atoms. The summed E-state index contributed by atoms with van der Waals surface area (Å²) < 4.78 is 5.42. The first-order valence-corrected chi connectivity index (χ1v) is 9.70. The van der Waals surface area contributed by atoms with Gasteiger partial charge in [-0.2, -0.15) is 0 Å². The first kappa shape index (κ1) is 22.4. The minimum Gasteiger partial charge on any atom is -0.379 e. The Morgan fingerprint density at radius 2 is 1.67 bits per heavy atom. The van der Waals surface area contributed by atoms with E-state index in [0.29, 0.717) is 5.41 Å². The number of halogens is 1. The Labute approximate surface area is 181 Å². The molecule has 27 heavy (non-hydrogen) atoms. The van der Waals surface area contributed by atoms with E-state index in [-0.39, 0.29) is 29.5 Å². The normalized spacial score (nSPS) is 22.0. The van der Waals surface area contributed by atoms with Crippen LogP contribution in [0.5, 0.6) is 0 Å². The zero-order valence-electron chi connectivity index (χ0n) is 17.4. The van der Waals surface area contributed by atoms with E-state index in [9.17, 15) is 0 Å². The smallest absolute Gasteiger partial charge is 0.194 e. The molecule has 1 N–H and O–H groups in total. The molecular formula is C21H35IN4O. The van der Waals surface area contributed by atoms with E-state index in [2.05, 4.69) is 72.1 Å². The highest BCUT2D eigenvalue weighted by Crippen LogP contribution is 2.46. The van der Waals surface area contributed by atoms with Gasteiger partial charge in [-0.3, -0.25) is 9.89 Å². The van der Waals surface area contributed by atoms with E-state index in [0.717, 1.165) is 51.9 Å². The van der Waals surface area contributed by atoms with Crippen molar-refractivity contribution < 1.29 is 4.74 Å². The van der Waals surface area contributed by atoms with Crippen LogP contribution in [0.2, 0.25) is 0 Å². The van der Waals surface area contributed by atoms with Crippen LogP contribution in [0.1, 0.15) is 38.8 Å². The molecule has 2 heterocycles. The van der Waals surface area contributed by atoms with Gasteiger partial charge in [0.25, 0.3) is 0 Å². The molecule has 1 aromatic rings. The lowest BCUT2D eigenvalue weighted by Crippen LogP contribution is -2.72. The summed E-state index contributed by atoms with van der Waals surface area (Å²) in [6.07, 6.45) is 0. The van der Waals surface area contributed by atoms with E-state index in [1.54, 1.807) is 0 Å². The summed E-state index contributed by atoms with van der Waals surface area (Å²) in [5.41, 5.74) is 3.09. The lowest BCUT2D eigenvalue weighted by molar-refractivity contribution is -0.0667. The standard InChI is InChI=1S/C21H34N4O.HI/c1-20(2)16-25(21(20,3)4)19(22-5)23-14-17-6-8-18(9-7-17)15-24-10-12-26-13-11-24;/h6-9H,10-16H2,1-5H3,(H,22,23);1H. The number of benzene rings is 1. The van der Waals surface area contributed by atoms with Crippen LogP contribution in [0.25, 0.3) is 0 Å². The van der Waals surface area contributed by atoms with Crippen LogP contribution >= 0.6 is 24.0 Å². The van der Waals surface area contributed by atoms with E-state index in [1.807, 2.05) is 7.05 Å². The molecule has 3 rings (SSSR count). The van der Waals surface area contributed by atoms with Crippen molar-refractivity contribution in [1.82, 2.24) is 15.1 Å². The Morgan fingerprint density at radius 3 is 2.19 bits per heavy atom. The second-order valence-corrected chi connectivity index (χ2v) is 8.63. The lowest BCUT2D eigenvalue weighted by atomic mass is 9.65. The van der Waals surface area contributed by atoms with Gasteiger partial charge in [-0.1, -0.05) is 38.1 Å². The highest BCUT2D eigenvalue weighted by Gasteiger charge is 2.53. The average molecular weight is 486 g/mol. The highest BCUT2D eigenvalue weighted by atomic mass is 127. The van der Waals surface area contributed by atoms with Crippen LogP contribution in [0.15, 0.2) is 29.3 Å². The molecule has 0 amide bonds. The summed E-state index contributed by atoms with van der Waals surface area (Å²) in [5, 5.41) is 3.53. The number of hydrogen-bond acceptors (Lipinski definition) is 3. The molecule has 152 valence electrons. The molecule has 0 saturated carbocycles. The molecule has 0 radical (unpaired) electrons. The molecule has 6 heteroatoms. The predicted octanol–water partition coefficient (Wildman–Crippen LogP) is 3.33. The number of hydrogen-bond donors (Lipinski definition) is 1. The maximum Gasteiger partial charge on any atom is 0.194 e. The number of ether oxygens (including phenoxy) is 1. The molecule has 0 bridgehead atoms. The Balaban J connectivity index is 0.00000261. The fourth-order valence-electron chi connectivity index (χ4n) is 3.66. The topological polar surface area (TPSA) is 40.1 Å². The van der Waals surface area contributed by atoms with Crippen molar-refractivity contribution in [1.29, 1.82) is 0 Å². The number of nitrogens with one attached hydrogen (secondary N) is 1. The van der Waals surface area contributed by atoms with E-state index >= 15 is 0 Å². The van der Waals surface area contributed by atoms with Gasteiger partial charge in [0.1, 0.15) is 0 Å². The van der Waals surface area contributed by atoms with Gasteiger partial charge >= 0.3 is 0 Å². The minimum atomic E-state index is 0. The maximum atomic E-state index is 5.42. The van der Waals surface area contributed by atoms with Crippen molar-refractivity contribution in [2.45, 2.75) is 46.3 Å². The third-order valence-corrected chi connectivity index (χ3v) is 6.34. The van der Waals surface area contributed by atoms with Crippen molar-refractivity contribution in [2.24, 2.45) is 10.4 Å². The van der Waals surface area contributed by atoms with Crippen molar-refractivity contribution in [3.8, 4) is 0 Å². The number of nitrogens with zero attached hydrogens (tertiary/aromatic N) is 3. The summed E-state index contributed by atoms with van der Waals surface area (Å²) in [6, 6.07) is 8.93. The molecule has 2 fully saturated rings. The van der Waals surface area contributed by atoms with Gasteiger partial charge in [-0.15, -0.1) is 24.0 Å². The first-order valence-electron chi connectivity index (χ1n) is 9.70. The van der Waals surface area contributed by atoms with Gasteiger partial charge in [-0.25, -0.2) is 0 Å². The highest BCUT2D eigenvalue weighted by molar-refractivity contribution is 14.0. The van der Waals surface area contributed by atoms with Gasteiger partial charge in [-0.05, 0) is 25.0 Å². The van der Waals surface area contributed by atoms with Gasteiger partial charge in [0.15, 0.2) is 5.96 Å². The fourth-order valence-corrected chi connectivity index (χ4v) is 3.66. The van der Waals surface area contributed by atoms with Crippen LogP contribution in [0, 0.1) is 5.41 Å². The van der Waals surface area contributed by atoms with E-state index in [1.165, 1.54) is 11.1 Å². The zero-order chi connectivity index (χ0) is 18.8. The summed E-state index contributed by atoms with van der Waals surface area (Å²) in [5.74, 6) is 0.992. The van der Waals surface area contributed by atoms with E-state index < -0.39 is 0 Å². The molecule has 2 aliphatic rings. The average Bonchev–Trinajstić information content (AvgIpc) is 2.63. The number of rotatable bonds is 4. The summed E-state index contributed by atoms with van der Waals surface area (Å²) in [4.78, 5) is 9.32. The Hall–Kier alpha value is -0.860. The molecular weight excluding hydrogens is 451 g/mol. The number of morpholine rings is 1. The van der Waals surface area contributed by atoms with Crippen LogP contribution in [-0.4, -0.2) is 61.2 Å². The molecule has 0 aromatic heterocycles. The number of guanidine groups is 1. The van der Waals surface area contributed by atoms with Gasteiger partial charge in [0, 0.05) is 50.7 Å². The fraction of sp³-hybridized carbons (Fsp3) is 0.667. The summed E-state index contributed by atoms with van der Waals surface area (Å²) >= 11 is 0. The molecule has 2 saturated heterocycles. The molecule has 0 unspecified atom stereocenters. The Morgan fingerprint density at radius 1 is 1.07 bits per heavy atom. The second kappa shape index (κ2) is 9.09. The van der Waals surface area contributed by atoms with Gasteiger partial charge < -0.3 is 15.0 Å². The Kier molecular flexibility index (Phi) is 7.55. The monoisotopic (exact) mass is 486 g/mol. The molecule has 2 aliphatic heterocycles. The first-order chi connectivity index (χ1) is 12.3. The van der Waals surface area contributed by atoms with Crippen molar-refractivity contribution in [3.63, 3.8) is 0 Å². The van der Waals surface area contributed by atoms with Crippen LogP contribution in [-0.2, 0) is 17.8 Å². The minimum absolute atomic E-state index is 0. The van der Waals surface area contributed by atoms with Crippen molar-refractivity contribution in [2.75, 3.05) is 39.9 Å². The second-order valence-electron chi connectivity index (χ2n) is 8.63. The summed E-state index contributed by atoms with van der Waals surface area (Å²) in [7, 11) is 1.87. The predicted molar refractivity (Wildman–Crippen MR) is 123 cm³/mol. The van der Waals surface area contributed by atoms with Crippen molar-refractivity contribution >= 4 is 29.9 Å². The van der Waals surface area contributed by atoms with Gasteiger partial charge in [0.05, 0.1) is 13.2 Å². The third-order valence-electron chi connectivity index (χ3n) is 6.34. The largest absolute Gasteiger partial charge is 0.379 e. The Bertz CT molecular complexity index is 636. The quantitative estimate of drug-likeness (QED) is 0.403. The van der Waals surface area contributed by atoms with Crippen LogP contribution in [0.3, 0.4) is 0 Å². The SMILES string of the molecule is CN=C(NCc1ccc(CN2CCOCC2)cc1)N1CC(C)(C)C1(C)C.I. The summed E-state index contributed by atoms with van der Waals surface area (Å²) in [6.45, 7) is 15.9. The molecule has 0 atom stereocenters. The molecule has 1 aromatic carbocycles. The van der Waals surface area contributed by atoms with Crippen LogP contribution < -0.4 is 5.32 Å². The van der Waals surface area contributed by atoms with Crippen LogP contribution in [0.4, 0.5) is 0 Å². The third kappa shape index (κ3) is 4.95. The molecule has 0 aliphatic carbocycles. The zero-order valence-corrected chi connectivity index (χ0v) is 19.7.